The molecule has 0 radical (unpaired) electrons. The topological polar surface area (TPSA) is 70.8 Å². The number of anilines is 1. The van der Waals surface area contributed by atoms with Crippen LogP contribution in [0.25, 0.3) is 0 Å². The number of carbonyl (C=O) groups excluding carboxylic acids is 3. The Morgan fingerprint density at radius 2 is 1.80 bits per heavy atom. The van der Waals surface area contributed by atoms with Crippen LogP contribution in [0, 0.1) is 0 Å². The first-order chi connectivity index (χ1) is 11.8. The van der Waals surface area contributed by atoms with Gasteiger partial charge in [0.2, 0.25) is 5.91 Å². The summed E-state index contributed by atoms with van der Waals surface area (Å²) in [5.74, 6) is -0.972. The quantitative estimate of drug-likeness (QED) is 0.806. The van der Waals surface area contributed by atoms with Gasteiger partial charge in [0.05, 0.1) is 18.4 Å². The maximum Gasteiger partial charge on any atom is 0.290 e. The van der Waals surface area contributed by atoms with Gasteiger partial charge < -0.3 is 9.32 Å². The van der Waals surface area contributed by atoms with Crippen molar-refractivity contribution in [2.75, 3.05) is 4.90 Å². The standard InChI is InChI=1S/C19H20N2O4/c1-19(2,3)21(18(24)15-10-7-11-25-15)14-12-16(22)20(17(14)23)13-8-5-4-6-9-13/h4-11,14H,12H2,1-3H3. The Morgan fingerprint density at radius 1 is 1.12 bits per heavy atom. The Hall–Kier alpha value is -2.89. The first-order valence-electron chi connectivity index (χ1n) is 8.09. The minimum absolute atomic E-state index is 0.0442. The summed E-state index contributed by atoms with van der Waals surface area (Å²) in [5, 5.41) is 0. The summed E-state index contributed by atoms with van der Waals surface area (Å²) >= 11 is 0. The molecule has 0 aliphatic carbocycles. The molecule has 0 spiro atoms. The van der Waals surface area contributed by atoms with Gasteiger partial charge in [-0.15, -0.1) is 0 Å². The van der Waals surface area contributed by atoms with E-state index >= 15 is 0 Å². The Bertz CT molecular complexity index is 791. The molecule has 1 atom stereocenters. The number of nitrogens with zero attached hydrogens (tertiary/aromatic N) is 2. The van der Waals surface area contributed by atoms with Crippen LogP contribution in [0.2, 0.25) is 0 Å². The van der Waals surface area contributed by atoms with Gasteiger partial charge in [0.25, 0.3) is 11.8 Å². The molecule has 0 N–H and O–H groups in total. The van der Waals surface area contributed by atoms with Crippen molar-refractivity contribution in [3.8, 4) is 0 Å². The third-order valence-corrected chi connectivity index (χ3v) is 4.12. The van der Waals surface area contributed by atoms with Gasteiger partial charge in [0.1, 0.15) is 6.04 Å². The van der Waals surface area contributed by atoms with Crippen LogP contribution in [0.3, 0.4) is 0 Å². The van der Waals surface area contributed by atoms with Crippen LogP contribution in [0.4, 0.5) is 5.69 Å². The van der Waals surface area contributed by atoms with Gasteiger partial charge in [-0.1, -0.05) is 18.2 Å². The minimum Gasteiger partial charge on any atom is -0.459 e. The number of hydrogen-bond acceptors (Lipinski definition) is 4. The maximum absolute atomic E-state index is 13.0. The predicted octanol–water partition coefficient (Wildman–Crippen LogP) is 2.85. The highest BCUT2D eigenvalue weighted by Gasteiger charge is 2.48. The molecule has 1 unspecified atom stereocenters. The van der Waals surface area contributed by atoms with Gasteiger partial charge in [0.15, 0.2) is 5.76 Å². The molecule has 3 rings (SSSR count). The Kier molecular flexibility index (Phi) is 4.20. The lowest BCUT2D eigenvalue weighted by Gasteiger charge is -2.38. The van der Waals surface area contributed by atoms with E-state index in [9.17, 15) is 14.4 Å². The second-order valence-electron chi connectivity index (χ2n) is 6.95. The molecule has 1 aromatic heterocycles. The molecular formula is C19H20N2O4. The lowest BCUT2D eigenvalue weighted by molar-refractivity contribution is -0.123. The summed E-state index contributed by atoms with van der Waals surface area (Å²) in [6.45, 7) is 5.49. The number of imide groups is 1. The van der Waals surface area contributed by atoms with Crippen LogP contribution >= 0.6 is 0 Å². The van der Waals surface area contributed by atoms with E-state index in [-0.39, 0.29) is 18.1 Å². The van der Waals surface area contributed by atoms with Crippen LogP contribution < -0.4 is 4.90 Å². The summed E-state index contributed by atoms with van der Waals surface area (Å²) in [7, 11) is 0. The number of hydrogen-bond donors (Lipinski definition) is 0. The van der Waals surface area contributed by atoms with E-state index in [2.05, 4.69) is 0 Å². The van der Waals surface area contributed by atoms with Crippen molar-refractivity contribution in [1.29, 1.82) is 0 Å². The summed E-state index contributed by atoms with van der Waals surface area (Å²) < 4.78 is 5.20. The molecule has 1 saturated heterocycles. The molecule has 130 valence electrons. The molecule has 3 amide bonds. The highest BCUT2D eigenvalue weighted by Crippen LogP contribution is 2.30. The van der Waals surface area contributed by atoms with Crippen LogP contribution in [-0.2, 0) is 9.59 Å². The number of para-hydroxylation sites is 1. The van der Waals surface area contributed by atoms with Crippen LogP contribution in [-0.4, -0.2) is 34.2 Å². The van der Waals surface area contributed by atoms with Crippen molar-refractivity contribution in [2.24, 2.45) is 0 Å². The molecule has 25 heavy (non-hydrogen) atoms. The Labute approximate surface area is 146 Å². The number of amides is 3. The van der Waals surface area contributed by atoms with Gasteiger partial charge >= 0.3 is 0 Å². The average Bonchev–Trinajstić information content (AvgIpc) is 3.16. The van der Waals surface area contributed by atoms with Gasteiger partial charge in [-0.25, -0.2) is 4.90 Å². The highest BCUT2D eigenvalue weighted by molar-refractivity contribution is 6.23. The zero-order valence-electron chi connectivity index (χ0n) is 14.4. The van der Waals surface area contributed by atoms with Gasteiger partial charge in [-0.05, 0) is 45.0 Å². The fraction of sp³-hybridized carbons (Fsp3) is 0.316. The predicted molar refractivity (Wildman–Crippen MR) is 92.0 cm³/mol. The summed E-state index contributed by atoms with van der Waals surface area (Å²) in [5.41, 5.74) is -0.142. The summed E-state index contributed by atoms with van der Waals surface area (Å²) in [6, 6.07) is 11.1. The molecule has 2 heterocycles. The first kappa shape index (κ1) is 17.0. The molecule has 0 bridgehead atoms. The summed E-state index contributed by atoms with van der Waals surface area (Å²) in [6.07, 6.45) is 1.36. The molecule has 0 saturated carbocycles. The number of carbonyl (C=O) groups is 3. The minimum atomic E-state index is -0.856. The van der Waals surface area contributed by atoms with Crippen molar-refractivity contribution in [3.05, 3.63) is 54.5 Å². The molecule has 1 aliphatic rings. The monoisotopic (exact) mass is 340 g/mol. The number of rotatable bonds is 3. The molecule has 6 nitrogen and oxygen atoms in total. The van der Waals surface area contributed by atoms with Crippen molar-refractivity contribution < 1.29 is 18.8 Å². The largest absolute Gasteiger partial charge is 0.459 e. The van der Waals surface area contributed by atoms with E-state index < -0.39 is 23.4 Å². The SMILES string of the molecule is CC(C)(C)N(C(=O)c1ccco1)C1CC(=O)N(c2ccccc2)C1=O. The van der Waals surface area contributed by atoms with Crippen molar-refractivity contribution in [2.45, 2.75) is 38.8 Å². The van der Waals surface area contributed by atoms with E-state index in [4.69, 9.17) is 4.42 Å². The normalized spacial score (nSPS) is 17.9. The van der Waals surface area contributed by atoms with Crippen molar-refractivity contribution in [1.82, 2.24) is 4.90 Å². The van der Waals surface area contributed by atoms with Crippen LogP contribution in [0.5, 0.6) is 0 Å². The fourth-order valence-corrected chi connectivity index (χ4v) is 3.10. The summed E-state index contributed by atoms with van der Waals surface area (Å²) in [4.78, 5) is 40.9. The van der Waals surface area contributed by atoms with Crippen molar-refractivity contribution in [3.63, 3.8) is 0 Å². The fourth-order valence-electron chi connectivity index (χ4n) is 3.10. The third kappa shape index (κ3) is 3.07. The molecule has 6 heteroatoms. The van der Waals surface area contributed by atoms with E-state index in [0.717, 1.165) is 4.90 Å². The lowest BCUT2D eigenvalue weighted by atomic mass is 10.0. The van der Waals surface area contributed by atoms with Crippen LogP contribution in [0.15, 0.2) is 53.1 Å². The highest BCUT2D eigenvalue weighted by atomic mass is 16.3. The van der Waals surface area contributed by atoms with E-state index in [0.29, 0.717) is 5.69 Å². The maximum atomic E-state index is 13.0. The Balaban J connectivity index is 1.96. The lowest BCUT2D eigenvalue weighted by Crippen LogP contribution is -2.54. The number of furan rings is 1. The van der Waals surface area contributed by atoms with E-state index in [1.165, 1.54) is 11.2 Å². The zero-order valence-corrected chi connectivity index (χ0v) is 14.4. The van der Waals surface area contributed by atoms with Gasteiger partial charge in [-0.3, -0.25) is 14.4 Å². The second-order valence-corrected chi connectivity index (χ2v) is 6.95. The van der Waals surface area contributed by atoms with Gasteiger partial charge in [0, 0.05) is 5.54 Å². The Morgan fingerprint density at radius 3 is 2.36 bits per heavy atom. The smallest absolute Gasteiger partial charge is 0.290 e. The van der Waals surface area contributed by atoms with Gasteiger partial charge in [-0.2, -0.15) is 0 Å². The van der Waals surface area contributed by atoms with Crippen LogP contribution in [0.1, 0.15) is 37.7 Å². The number of benzene rings is 1. The third-order valence-electron chi connectivity index (χ3n) is 4.12. The second kappa shape index (κ2) is 6.20. The molecule has 1 fully saturated rings. The van der Waals surface area contributed by atoms with E-state index in [1.807, 2.05) is 26.8 Å². The van der Waals surface area contributed by atoms with Crippen molar-refractivity contribution >= 4 is 23.4 Å². The first-order valence-corrected chi connectivity index (χ1v) is 8.09. The molecule has 2 aromatic rings. The average molecular weight is 340 g/mol. The molecule has 1 aromatic carbocycles. The zero-order chi connectivity index (χ0) is 18.2. The molecular weight excluding hydrogens is 320 g/mol. The van der Waals surface area contributed by atoms with E-state index in [1.54, 1.807) is 36.4 Å². The molecule has 1 aliphatic heterocycles.